The number of rotatable bonds is 2. The highest BCUT2D eigenvalue weighted by Gasteiger charge is 2.18. The predicted octanol–water partition coefficient (Wildman–Crippen LogP) is 2.24. The Balaban J connectivity index is 2.32. The van der Waals surface area contributed by atoms with Crippen LogP contribution in [0.3, 0.4) is 0 Å². The summed E-state index contributed by atoms with van der Waals surface area (Å²) in [4.78, 5) is 13.7. The summed E-state index contributed by atoms with van der Waals surface area (Å²) >= 11 is 0. The minimum Gasteiger partial charge on any atom is -0.490 e. The van der Waals surface area contributed by atoms with Gasteiger partial charge in [-0.2, -0.15) is 0 Å². The Labute approximate surface area is 88.8 Å². The molecule has 0 saturated carbocycles. The monoisotopic (exact) mass is 203 g/mol. The summed E-state index contributed by atoms with van der Waals surface area (Å²) in [6.07, 6.45) is 3.87. The molecule has 2 rings (SSSR count). The van der Waals surface area contributed by atoms with Crippen molar-refractivity contribution in [3.63, 3.8) is 0 Å². The minimum absolute atomic E-state index is 0.280. The Hall–Kier alpha value is -1.60. The second-order valence-corrected chi connectivity index (χ2v) is 3.77. The van der Waals surface area contributed by atoms with Crippen molar-refractivity contribution in [3.05, 3.63) is 29.3 Å². The summed E-state index contributed by atoms with van der Waals surface area (Å²) in [6, 6.07) is 5.89. The van der Waals surface area contributed by atoms with E-state index < -0.39 is 0 Å². The van der Waals surface area contributed by atoms with Crippen LogP contribution in [0.15, 0.2) is 23.2 Å². The second-order valence-electron chi connectivity index (χ2n) is 3.77. The van der Waals surface area contributed by atoms with Crippen molar-refractivity contribution in [2.75, 3.05) is 0 Å². The van der Waals surface area contributed by atoms with E-state index in [1.807, 2.05) is 18.2 Å². The average molecular weight is 203 g/mol. The van der Waals surface area contributed by atoms with Gasteiger partial charge in [0.2, 0.25) is 6.08 Å². The quantitative estimate of drug-likeness (QED) is 0.546. The molecule has 15 heavy (non-hydrogen) atoms. The Morgan fingerprint density at radius 3 is 3.27 bits per heavy atom. The third-order valence-corrected chi connectivity index (χ3v) is 2.67. The van der Waals surface area contributed by atoms with E-state index in [0.717, 1.165) is 24.2 Å². The van der Waals surface area contributed by atoms with Crippen molar-refractivity contribution < 1.29 is 9.53 Å². The molecule has 1 aromatic carbocycles. The van der Waals surface area contributed by atoms with E-state index in [4.69, 9.17) is 4.74 Å². The third kappa shape index (κ3) is 2.08. The standard InChI is InChI=1S/C12H13NO2/c1-9-5-6-11-10(7-13-8-14)3-2-4-12(11)15-9/h2-4,9H,5-7H2,1H3. The van der Waals surface area contributed by atoms with Gasteiger partial charge in [0.1, 0.15) is 5.75 Å². The van der Waals surface area contributed by atoms with E-state index in [9.17, 15) is 4.79 Å². The molecule has 0 N–H and O–H groups in total. The first-order valence-electron chi connectivity index (χ1n) is 5.12. The normalized spacial score (nSPS) is 18.6. The van der Waals surface area contributed by atoms with Crippen LogP contribution in [0.4, 0.5) is 0 Å². The van der Waals surface area contributed by atoms with E-state index in [-0.39, 0.29) is 6.10 Å². The van der Waals surface area contributed by atoms with E-state index in [1.54, 1.807) is 6.08 Å². The molecule has 1 unspecified atom stereocenters. The summed E-state index contributed by atoms with van der Waals surface area (Å²) in [7, 11) is 0. The first-order chi connectivity index (χ1) is 7.31. The molecule has 0 saturated heterocycles. The number of hydrogen-bond donors (Lipinski definition) is 0. The molecule has 0 aliphatic carbocycles. The minimum atomic E-state index is 0.280. The van der Waals surface area contributed by atoms with Gasteiger partial charge in [0.05, 0.1) is 12.6 Å². The molecule has 0 aromatic heterocycles. The van der Waals surface area contributed by atoms with Gasteiger partial charge >= 0.3 is 0 Å². The smallest absolute Gasteiger partial charge is 0.235 e. The lowest BCUT2D eigenvalue weighted by Crippen LogP contribution is -2.19. The van der Waals surface area contributed by atoms with Crippen molar-refractivity contribution in [1.82, 2.24) is 0 Å². The van der Waals surface area contributed by atoms with E-state index in [0.29, 0.717) is 6.54 Å². The zero-order chi connectivity index (χ0) is 10.7. The van der Waals surface area contributed by atoms with E-state index in [2.05, 4.69) is 11.9 Å². The van der Waals surface area contributed by atoms with Crippen LogP contribution in [0, 0.1) is 0 Å². The van der Waals surface area contributed by atoms with Crippen LogP contribution >= 0.6 is 0 Å². The lowest BCUT2D eigenvalue weighted by Gasteiger charge is -2.24. The molecule has 1 aliphatic rings. The molecule has 1 heterocycles. The zero-order valence-electron chi connectivity index (χ0n) is 8.69. The Morgan fingerprint density at radius 1 is 1.60 bits per heavy atom. The van der Waals surface area contributed by atoms with Gasteiger partial charge in [0, 0.05) is 0 Å². The molecule has 3 heteroatoms. The van der Waals surface area contributed by atoms with Crippen LogP contribution < -0.4 is 4.74 Å². The molecule has 0 bridgehead atoms. The Bertz CT molecular complexity index is 408. The molecule has 1 atom stereocenters. The fourth-order valence-corrected chi connectivity index (χ4v) is 1.89. The van der Waals surface area contributed by atoms with Crippen molar-refractivity contribution in [2.45, 2.75) is 32.4 Å². The summed E-state index contributed by atoms with van der Waals surface area (Å²) in [5.41, 5.74) is 2.26. The first kappa shape index (κ1) is 9.94. The Morgan fingerprint density at radius 2 is 2.47 bits per heavy atom. The number of isocyanates is 1. The molecule has 0 amide bonds. The molecule has 78 valence electrons. The van der Waals surface area contributed by atoms with Crippen LogP contribution in [-0.4, -0.2) is 12.2 Å². The maximum Gasteiger partial charge on any atom is 0.235 e. The fourth-order valence-electron chi connectivity index (χ4n) is 1.89. The van der Waals surface area contributed by atoms with Gasteiger partial charge in [-0.15, -0.1) is 0 Å². The van der Waals surface area contributed by atoms with Gasteiger partial charge in [0.15, 0.2) is 0 Å². The van der Waals surface area contributed by atoms with Crippen LogP contribution in [0.5, 0.6) is 5.75 Å². The van der Waals surface area contributed by atoms with E-state index in [1.165, 1.54) is 5.56 Å². The summed E-state index contributed by atoms with van der Waals surface area (Å²) < 4.78 is 5.71. The summed E-state index contributed by atoms with van der Waals surface area (Å²) in [5.74, 6) is 0.937. The van der Waals surface area contributed by atoms with Crippen molar-refractivity contribution >= 4 is 6.08 Å². The maximum absolute atomic E-state index is 10.1. The lowest BCUT2D eigenvalue weighted by molar-refractivity contribution is 0.192. The number of benzene rings is 1. The predicted molar refractivity (Wildman–Crippen MR) is 56.7 cm³/mol. The van der Waals surface area contributed by atoms with Gasteiger partial charge < -0.3 is 4.74 Å². The molecule has 0 fully saturated rings. The molecule has 1 aromatic rings. The highest BCUT2D eigenvalue weighted by molar-refractivity contribution is 5.43. The van der Waals surface area contributed by atoms with Crippen LogP contribution in [0.1, 0.15) is 24.5 Å². The second kappa shape index (κ2) is 4.28. The van der Waals surface area contributed by atoms with E-state index >= 15 is 0 Å². The average Bonchev–Trinajstić information content (AvgIpc) is 2.25. The van der Waals surface area contributed by atoms with Crippen molar-refractivity contribution in [1.29, 1.82) is 0 Å². The number of nitrogens with zero attached hydrogens (tertiary/aromatic N) is 1. The molecule has 3 nitrogen and oxygen atoms in total. The molecular formula is C12H13NO2. The van der Waals surface area contributed by atoms with Crippen LogP contribution in [-0.2, 0) is 17.8 Å². The molecule has 1 aliphatic heterocycles. The van der Waals surface area contributed by atoms with Crippen LogP contribution in [0.2, 0.25) is 0 Å². The highest BCUT2D eigenvalue weighted by atomic mass is 16.5. The van der Waals surface area contributed by atoms with Gasteiger partial charge in [-0.1, -0.05) is 12.1 Å². The number of aliphatic imine (C=N–C) groups is 1. The topological polar surface area (TPSA) is 38.7 Å². The van der Waals surface area contributed by atoms with Gasteiger partial charge in [-0.05, 0) is 37.0 Å². The Kier molecular flexibility index (Phi) is 2.84. The number of fused-ring (bicyclic) bond motifs is 1. The fraction of sp³-hybridized carbons (Fsp3) is 0.417. The largest absolute Gasteiger partial charge is 0.490 e. The molecular weight excluding hydrogens is 190 g/mol. The maximum atomic E-state index is 10.1. The van der Waals surface area contributed by atoms with Crippen molar-refractivity contribution in [3.8, 4) is 5.75 Å². The van der Waals surface area contributed by atoms with Crippen LogP contribution in [0.25, 0.3) is 0 Å². The lowest BCUT2D eigenvalue weighted by atomic mass is 9.97. The number of ether oxygens (including phenoxy) is 1. The van der Waals surface area contributed by atoms with Crippen molar-refractivity contribution in [2.24, 2.45) is 4.99 Å². The van der Waals surface area contributed by atoms with Gasteiger partial charge in [-0.3, -0.25) is 0 Å². The SMILES string of the molecule is CC1CCc2c(CN=C=O)cccc2O1. The third-order valence-electron chi connectivity index (χ3n) is 2.67. The number of hydrogen-bond acceptors (Lipinski definition) is 3. The molecule has 0 spiro atoms. The zero-order valence-corrected chi connectivity index (χ0v) is 8.69. The molecule has 0 radical (unpaired) electrons. The first-order valence-corrected chi connectivity index (χ1v) is 5.12. The summed E-state index contributed by atoms with van der Waals surface area (Å²) in [5, 5.41) is 0. The van der Waals surface area contributed by atoms with Gasteiger partial charge in [0.25, 0.3) is 0 Å². The highest BCUT2D eigenvalue weighted by Crippen LogP contribution is 2.30. The number of carbonyl (C=O) groups excluding carboxylic acids is 1. The van der Waals surface area contributed by atoms with Gasteiger partial charge in [-0.25, -0.2) is 9.79 Å². The summed E-state index contributed by atoms with van der Waals surface area (Å²) in [6.45, 7) is 2.48.